The molecule has 2 rings (SSSR count). The number of amides is 1. The molecule has 0 saturated carbocycles. The maximum atomic E-state index is 10.7. The highest BCUT2D eigenvalue weighted by Gasteiger charge is 2.17. The lowest BCUT2D eigenvalue weighted by Crippen LogP contribution is -2.28. The SMILES string of the molecule is O=C(O)N1CCCn2nccc2C1. The van der Waals surface area contributed by atoms with Crippen molar-refractivity contribution in [2.45, 2.75) is 19.5 Å². The Kier molecular flexibility index (Phi) is 1.92. The van der Waals surface area contributed by atoms with Crippen LogP contribution in [0.25, 0.3) is 0 Å². The molecule has 0 aromatic carbocycles. The fourth-order valence-electron chi connectivity index (χ4n) is 1.54. The molecule has 1 aromatic heterocycles. The van der Waals surface area contributed by atoms with E-state index in [4.69, 9.17) is 5.11 Å². The van der Waals surface area contributed by atoms with E-state index in [2.05, 4.69) is 5.10 Å². The molecule has 0 radical (unpaired) electrons. The first-order valence-corrected chi connectivity index (χ1v) is 4.26. The molecule has 5 nitrogen and oxygen atoms in total. The molecule has 0 bridgehead atoms. The summed E-state index contributed by atoms with van der Waals surface area (Å²) in [5, 5.41) is 12.9. The first-order chi connectivity index (χ1) is 6.27. The Morgan fingerprint density at radius 3 is 3.15 bits per heavy atom. The predicted molar refractivity (Wildman–Crippen MR) is 45.3 cm³/mol. The highest BCUT2D eigenvalue weighted by atomic mass is 16.4. The lowest BCUT2D eigenvalue weighted by Gasteiger charge is -2.14. The first-order valence-electron chi connectivity index (χ1n) is 4.26. The largest absolute Gasteiger partial charge is 0.465 e. The molecule has 1 amide bonds. The summed E-state index contributed by atoms with van der Waals surface area (Å²) >= 11 is 0. The second-order valence-electron chi connectivity index (χ2n) is 3.10. The maximum absolute atomic E-state index is 10.7. The molecular weight excluding hydrogens is 170 g/mol. The van der Waals surface area contributed by atoms with E-state index in [9.17, 15) is 4.79 Å². The van der Waals surface area contributed by atoms with Gasteiger partial charge in [-0.3, -0.25) is 4.68 Å². The lowest BCUT2D eigenvalue weighted by atomic mass is 10.4. The summed E-state index contributed by atoms with van der Waals surface area (Å²) in [7, 11) is 0. The molecule has 0 fully saturated rings. The molecule has 1 N–H and O–H groups in total. The summed E-state index contributed by atoms with van der Waals surface area (Å²) in [5.41, 5.74) is 0.972. The summed E-state index contributed by atoms with van der Waals surface area (Å²) < 4.78 is 1.86. The van der Waals surface area contributed by atoms with E-state index >= 15 is 0 Å². The van der Waals surface area contributed by atoms with Crippen LogP contribution in [0.5, 0.6) is 0 Å². The van der Waals surface area contributed by atoms with Gasteiger partial charge in [-0.2, -0.15) is 5.10 Å². The number of hydrogen-bond donors (Lipinski definition) is 1. The highest BCUT2D eigenvalue weighted by molar-refractivity contribution is 5.64. The maximum Gasteiger partial charge on any atom is 0.407 e. The van der Waals surface area contributed by atoms with Crippen LogP contribution in [0.1, 0.15) is 12.1 Å². The zero-order valence-electron chi connectivity index (χ0n) is 7.18. The number of aromatic nitrogens is 2. The van der Waals surface area contributed by atoms with Crippen molar-refractivity contribution in [3.8, 4) is 0 Å². The van der Waals surface area contributed by atoms with Crippen LogP contribution in [0.4, 0.5) is 4.79 Å². The second-order valence-corrected chi connectivity index (χ2v) is 3.10. The zero-order valence-corrected chi connectivity index (χ0v) is 7.18. The molecule has 5 heteroatoms. The number of carboxylic acid groups (broad SMARTS) is 1. The summed E-state index contributed by atoms with van der Waals surface area (Å²) in [6, 6.07) is 1.86. The van der Waals surface area contributed by atoms with Crippen molar-refractivity contribution in [2.24, 2.45) is 0 Å². The molecule has 0 spiro atoms. The van der Waals surface area contributed by atoms with E-state index in [1.807, 2.05) is 10.7 Å². The van der Waals surface area contributed by atoms with Crippen molar-refractivity contribution in [1.29, 1.82) is 0 Å². The zero-order chi connectivity index (χ0) is 9.26. The van der Waals surface area contributed by atoms with Crippen molar-refractivity contribution in [2.75, 3.05) is 6.54 Å². The minimum atomic E-state index is -0.852. The van der Waals surface area contributed by atoms with Gasteiger partial charge in [0.15, 0.2) is 0 Å². The van der Waals surface area contributed by atoms with Crippen molar-refractivity contribution < 1.29 is 9.90 Å². The average Bonchev–Trinajstić information content (AvgIpc) is 2.42. The van der Waals surface area contributed by atoms with E-state index in [-0.39, 0.29) is 0 Å². The van der Waals surface area contributed by atoms with Gasteiger partial charge >= 0.3 is 6.09 Å². The van der Waals surface area contributed by atoms with Gasteiger partial charge in [-0.25, -0.2) is 4.79 Å². The van der Waals surface area contributed by atoms with E-state index in [0.29, 0.717) is 13.1 Å². The van der Waals surface area contributed by atoms with Crippen LogP contribution in [0.15, 0.2) is 12.3 Å². The molecule has 0 aliphatic carbocycles. The molecule has 1 aromatic rings. The minimum Gasteiger partial charge on any atom is -0.465 e. The van der Waals surface area contributed by atoms with Crippen LogP contribution in [-0.2, 0) is 13.1 Å². The fourth-order valence-corrected chi connectivity index (χ4v) is 1.54. The predicted octanol–water partition coefficient (Wildman–Crippen LogP) is 0.767. The fraction of sp³-hybridized carbons (Fsp3) is 0.500. The molecule has 0 unspecified atom stereocenters. The number of nitrogens with zero attached hydrogens (tertiary/aromatic N) is 3. The van der Waals surface area contributed by atoms with Crippen LogP contribution in [0, 0.1) is 0 Å². The van der Waals surface area contributed by atoms with Crippen LogP contribution in [-0.4, -0.2) is 32.4 Å². The van der Waals surface area contributed by atoms with Gasteiger partial charge in [0.2, 0.25) is 0 Å². The Hall–Kier alpha value is -1.52. The third-order valence-electron chi connectivity index (χ3n) is 2.23. The third-order valence-corrected chi connectivity index (χ3v) is 2.23. The van der Waals surface area contributed by atoms with Gasteiger partial charge in [0, 0.05) is 19.3 Å². The average molecular weight is 181 g/mol. The molecule has 1 aliphatic rings. The second kappa shape index (κ2) is 3.08. The van der Waals surface area contributed by atoms with Gasteiger partial charge in [-0.15, -0.1) is 0 Å². The minimum absolute atomic E-state index is 0.454. The summed E-state index contributed by atoms with van der Waals surface area (Å²) in [6.45, 7) is 1.86. The van der Waals surface area contributed by atoms with Gasteiger partial charge in [-0.1, -0.05) is 0 Å². The van der Waals surface area contributed by atoms with Crippen LogP contribution < -0.4 is 0 Å². The molecule has 0 saturated heterocycles. The molecule has 1 aliphatic heterocycles. The van der Waals surface area contributed by atoms with Crippen LogP contribution >= 0.6 is 0 Å². The Morgan fingerprint density at radius 1 is 1.54 bits per heavy atom. The topological polar surface area (TPSA) is 58.4 Å². The first kappa shape index (κ1) is 8.10. The Bertz CT molecular complexity index is 321. The lowest BCUT2D eigenvalue weighted by molar-refractivity contribution is 0.143. The standard InChI is InChI=1S/C8H11N3O2/c12-8(13)10-4-1-5-11-7(6-10)2-3-9-11/h2-3H,1,4-6H2,(H,12,13). The van der Waals surface area contributed by atoms with Gasteiger partial charge in [0.1, 0.15) is 0 Å². The summed E-state index contributed by atoms with van der Waals surface area (Å²) in [4.78, 5) is 12.2. The van der Waals surface area contributed by atoms with E-state index < -0.39 is 6.09 Å². The molecule has 0 atom stereocenters. The molecular formula is C8H11N3O2. The van der Waals surface area contributed by atoms with E-state index in [0.717, 1.165) is 18.7 Å². The van der Waals surface area contributed by atoms with Crippen LogP contribution in [0.2, 0.25) is 0 Å². The van der Waals surface area contributed by atoms with Gasteiger partial charge in [0.05, 0.1) is 12.2 Å². The summed E-state index contributed by atoms with van der Waals surface area (Å²) in [6.07, 6.45) is 1.69. The van der Waals surface area contributed by atoms with E-state index in [1.165, 1.54) is 4.90 Å². The Morgan fingerprint density at radius 2 is 2.38 bits per heavy atom. The quantitative estimate of drug-likeness (QED) is 0.643. The number of hydrogen-bond acceptors (Lipinski definition) is 2. The highest BCUT2D eigenvalue weighted by Crippen LogP contribution is 2.10. The van der Waals surface area contributed by atoms with Crippen LogP contribution in [0.3, 0.4) is 0 Å². The van der Waals surface area contributed by atoms with Crippen molar-refractivity contribution >= 4 is 6.09 Å². The number of rotatable bonds is 0. The monoisotopic (exact) mass is 181 g/mol. The number of aryl methyl sites for hydroxylation is 1. The van der Waals surface area contributed by atoms with Gasteiger partial charge < -0.3 is 10.0 Å². The molecule has 13 heavy (non-hydrogen) atoms. The molecule has 70 valence electrons. The Balaban J connectivity index is 2.21. The number of fused-ring (bicyclic) bond motifs is 1. The van der Waals surface area contributed by atoms with Crippen molar-refractivity contribution in [1.82, 2.24) is 14.7 Å². The molecule has 2 heterocycles. The third kappa shape index (κ3) is 1.49. The Labute approximate surface area is 75.6 Å². The number of carbonyl (C=O) groups is 1. The van der Waals surface area contributed by atoms with Crippen molar-refractivity contribution in [3.05, 3.63) is 18.0 Å². The van der Waals surface area contributed by atoms with Crippen molar-refractivity contribution in [3.63, 3.8) is 0 Å². The normalized spacial score (nSPS) is 16.5. The van der Waals surface area contributed by atoms with Gasteiger partial charge in [0.25, 0.3) is 0 Å². The van der Waals surface area contributed by atoms with Gasteiger partial charge in [-0.05, 0) is 12.5 Å². The van der Waals surface area contributed by atoms with E-state index in [1.54, 1.807) is 6.20 Å². The summed E-state index contributed by atoms with van der Waals surface area (Å²) in [5.74, 6) is 0. The smallest absolute Gasteiger partial charge is 0.407 e.